The molecule has 0 atom stereocenters. The molecule has 9 heteroatoms. The largest absolute Gasteiger partial charge is 0.352 e. The molecule has 1 aliphatic rings. The first-order valence-corrected chi connectivity index (χ1v) is 6.02. The maximum atomic E-state index is 11.6. The van der Waals surface area contributed by atoms with Gasteiger partial charge >= 0.3 is 5.69 Å². The molecule has 0 bridgehead atoms. The minimum atomic E-state index is -0.610. The third kappa shape index (κ3) is 3.50. The monoisotopic (exact) mass is 285 g/mol. The van der Waals surface area contributed by atoms with Gasteiger partial charge in [0.05, 0.1) is 11.5 Å². The number of aromatic nitrogens is 2. The van der Waals surface area contributed by atoms with Crippen molar-refractivity contribution >= 4 is 29.0 Å². The fourth-order valence-corrected chi connectivity index (χ4v) is 1.68. The van der Waals surface area contributed by atoms with Crippen molar-refractivity contribution in [3.05, 3.63) is 21.6 Å². The Morgan fingerprint density at radius 1 is 1.68 bits per heavy atom. The van der Waals surface area contributed by atoms with Crippen molar-refractivity contribution in [1.29, 1.82) is 0 Å². The second kappa shape index (κ2) is 5.35. The van der Waals surface area contributed by atoms with E-state index in [0.29, 0.717) is 0 Å². The lowest BCUT2D eigenvalue weighted by atomic mass is 10.4. The van der Waals surface area contributed by atoms with E-state index in [1.54, 1.807) is 0 Å². The summed E-state index contributed by atoms with van der Waals surface area (Å²) in [6, 6.07) is 0.241. The molecular weight excluding hydrogens is 274 g/mol. The first-order chi connectivity index (χ1) is 8.97. The molecule has 0 unspecified atom stereocenters. The average Bonchev–Trinajstić information content (AvgIpc) is 3.12. The summed E-state index contributed by atoms with van der Waals surface area (Å²) in [7, 11) is 1.54. The van der Waals surface area contributed by atoms with E-state index in [-0.39, 0.29) is 35.3 Å². The van der Waals surface area contributed by atoms with Crippen LogP contribution in [0.5, 0.6) is 0 Å². The van der Waals surface area contributed by atoms with Gasteiger partial charge in [-0.25, -0.2) is 4.98 Å². The van der Waals surface area contributed by atoms with Gasteiger partial charge in [0.1, 0.15) is 6.20 Å². The molecule has 2 rings (SSSR count). The van der Waals surface area contributed by atoms with Crippen molar-refractivity contribution in [3.63, 3.8) is 0 Å². The molecule has 8 nitrogen and oxygen atoms in total. The Hall–Kier alpha value is -1.96. The molecule has 0 spiro atoms. The Labute approximate surface area is 113 Å². The molecular formula is C10H12ClN5O3. The third-order valence-electron chi connectivity index (χ3n) is 2.60. The lowest BCUT2D eigenvalue weighted by molar-refractivity contribution is -0.384. The van der Waals surface area contributed by atoms with E-state index in [9.17, 15) is 14.9 Å². The van der Waals surface area contributed by atoms with Crippen LogP contribution in [0.1, 0.15) is 12.8 Å². The Balaban J connectivity index is 2.12. The molecule has 1 amide bonds. The third-order valence-corrected chi connectivity index (χ3v) is 2.78. The highest BCUT2D eigenvalue weighted by molar-refractivity contribution is 6.28. The highest BCUT2D eigenvalue weighted by Crippen LogP contribution is 2.25. The summed E-state index contributed by atoms with van der Waals surface area (Å²) in [4.78, 5) is 30.6. The van der Waals surface area contributed by atoms with Gasteiger partial charge in [-0.3, -0.25) is 14.9 Å². The predicted octanol–water partition coefficient (Wildman–Crippen LogP) is 0.753. The zero-order chi connectivity index (χ0) is 14.0. The number of anilines is 1. The number of nitrogens with one attached hydrogen (secondary N) is 1. The molecule has 19 heavy (non-hydrogen) atoms. The van der Waals surface area contributed by atoms with Gasteiger partial charge in [0.15, 0.2) is 0 Å². The van der Waals surface area contributed by atoms with Gasteiger partial charge in [0.25, 0.3) is 0 Å². The first-order valence-electron chi connectivity index (χ1n) is 5.65. The maximum Gasteiger partial charge on any atom is 0.329 e. The molecule has 1 heterocycles. The molecule has 0 radical (unpaired) electrons. The summed E-state index contributed by atoms with van der Waals surface area (Å²) in [6.45, 7) is -0.0231. The highest BCUT2D eigenvalue weighted by atomic mass is 35.5. The lowest BCUT2D eigenvalue weighted by Gasteiger charge is -2.17. The van der Waals surface area contributed by atoms with Crippen molar-refractivity contribution in [2.75, 3.05) is 18.5 Å². The Morgan fingerprint density at radius 2 is 2.37 bits per heavy atom. The lowest BCUT2D eigenvalue weighted by Crippen LogP contribution is -2.36. The molecule has 1 aromatic rings. The Bertz CT molecular complexity index is 520. The van der Waals surface area contributed by atoms with Gasteiger partial charge in [0, 0.05) is 13.1 Å². The number of hydrogen-bond acceptors (Lipinski definition) is 6. The van der Waals surface area contributed by atoms with Crippen molar-refractivity contribution < 1.29 is 9.72 Å². The van der Waals surface area contributed by atoms with Crippen molar-refractivity contribution in [2.45, 2.75) is 18.9 Å². The number of carbonyl (C=O) groups is 1. The number of hydrogen-bond donors (Lipinski definition) is 1. The van der Waals surface area contributed by atoms with Crippen molar-refractivity contribution in [2.24, 2.45) is 0 Å². The zero-order valence-corrected chi connectivity index (χ0v) is 10.9. The number of rotatable bonds is 5. The number of nitrogens with zero attached hydrogens (tertiary/aromatic N) is 4. The van der Waals surface area contributed by atoms with Gasteiger partial charge in [0.2, 0.25) is 17.0 Å². The second-order valence-electron chi connectivity index (χ2n) is 4.30. The van der Waals surface area contributed by atoms with Crippen LogP contribution in [-0.2, 0) is 4.79 Å². The van der Waals surface area contributed by atoms with Crippen LogP contribution in [0.4, 0.5) is 11.5 Å². The van der Waals surface area contributed by atoms with Crippen LogP contribution in [0.15, 0.2) is 6.20 Å². The average molecular weight is 286 g/mol. The summed E-state index contributed by atoms with van der Waals surface area (Å²) >= 11 is 5.62. The molecule has 102 valence electrons. The minimum Gasteiger partial charge on any atom is -0.352 e. The summed E-state index contributed by atoms with van der Waals surface area (Å²) in [5.74, 6) is -0.176. The minimum absolute atomic E-state index is 0.0231. The summed E-state index contributed by atoms with van der Waals surface area (Å²) in [5, 5.41) is 13.6. The summed E-state index contributed by atoms with van der Waals surface area (Å²) in [6.07, 6.45) is 2.99. The van der Waals surface area contributed by atoms with Crippen LogP contribution in [0, 0.1) is 10.1 Å². The van der Waals surface area contributed by atoms with Gasteiger partial charge in [-0.1, -0.05) is 0 Å². The quantitative estimate of drug-likeness (QED) is 0.487. The van der Waals surface area contributed by atoms with E-state index < -0.39 is 4.92 Å². The Morgan fingerprint density at radius 3 is 2.95 bits per heavy atom. The fraction of sp³-hybridized carbons (Fsp3) is 0.500. The first kappa shape index (κ1) is 13.5. The SMILES string of the molecule is CN(CC(=O)NC1CC1)c1nc(Cl)ncc1[N+](=O)[O-]. The zero-order valence-electron chi connectivity index (χ0n) is 10.2. The number of amides is 1. The van der Waals surface area contributed by atoms with E-state index in [4.69, 9.17) is 11.6 Å². The summed E-state index contributed by atoms with van der Waals surface area (Å²) < 4.78 is 0. The molecule has 1 aromatic heterocycles. The van der Waals surface area contributed by atoms with Crippen LogP contribution in [0.3, 0.4) is 0 Å². The van der Waals surface area contributed by atoms with Crippen LogP contribution < -0.4 is 10.2 Å². The fourth-order valence-electron chi connectivity index (χ4n) is 1.55. The van der Waals surface area contributed by atoms with Crippen LogP contribution in [0.25, 0.3) is 0 Å². The van der Waals surface area contributed by atoms with E-state index in [0.717, 1.165) is 19.0 Å². The number of halogens is 1. The molecule has 1 saturated carbocycles. The van der Waals surface area contributed by atoms with Gasteiger partial charge in [-0.05, 0) is 24.4 Å². The smallest absolute Gasteiger partial charge is 0.329 e. The molecule has 0 aromatic carbocycles. The molecule has 0 aliphatic heterocycles. The normalized spacial score (nSPS) is 14.0. The number of likely N-dealkylation sites (N-methyl/N-ethyl adjacent to an activating group) is 1. The van der Waals surface area contributed by atoms with E-state index in [2.05, 4.69) is 15.3 Å². The maximum absolute atomic E-state index is 11.6. The Kier molecular flexibility index (Phi) is 3.79. The number of carbonyl (C=O) groups excluding carboxylic acids is 1. The molecule has 0 saturated heterocycles. The van der Waals surface area contributed by atoms with Crippen molar-refractivity contribution in [3.8, 4) is 0 Å². The van der Waals surface area contributed by atoms with Gasteiger partial charge in [-0.2, -0.15) is 4.98 Å². The van der Waals surface area contributed by atoms with Crippen LogP contribution in [0.2, 0.25) is 5.28 Å². The standard InChI is InChI=1S/C10H12ClN5O3/c1-15(5-8(17)13-6-2-3-6)9-7(16(18)19)4-12-10(11)14-9/h4,6H,2-3,5H2,1H3,(H,13,17). The van der Waals surface area contributed by atoms with Crippen LogP contribution in [-0.4, -0.2) is 40.4 Å². The van der Waals surface area contributed by atoms with E-state index in [1.165, 1.54) is 11.9 Å². The predicted molar refractivity (Wildman–Crippen MR) is 68.1 cm³/mol. The van der Waals surface area contributed by atoms with Crippen LogP contribution >= 0.6 is 11.6 Å². The topological polar surface area (TPSA) is 101 Å². The van der Waals surface area contributed by atoms with Gasteiger partial charge in [-0.15, -0.1) is 0 Å². The highest BCUT2D eigenvalue weighted by Gasteiger charge is 2.26. The summed E-state index contributed by atoms with van der Waals surface area (Å²) in [5.41, 5.74) is -0.286. The molecule has 1 fully saturated rings. The van der Waals surface area contributed by atoms with E-state index in [1.807, 2.05) is 0 Å². The molecule has 1 aliphatic carbocycles. The van der Waals surface area contributed by atoms with Gasteiger partial charge < -0.3 is 10.2 Å². The second-order valence-corrected chi connectivity index (χ2v) is 4.64. The number of nitro groups is 1. The van der Waals surface area contributed by atoms with E-state index >= 15 is 0 Å². The van der Waals surface area contributed by atoms with Crippen molar-refractivity contribution in [1.82, 2.24) is 15.3 Å². The molecule has 1 N–H and O–H groups in total.